The Balaban J connectivity index is 1.43. The number of ketones is 2. The van der Waals surface area contributed by atoms with Gasteiger partial charge in [0.25, 0.3) is 0 Å². The van der Waals surface area contributed by atoms with Crippen LogP contribution < -0.4 is 0 Å². The lowest BCUT2D eigenvalue weighted by Gasteiger charge is -2.21. The van der Waals surface area contributed by atoms with E-state index in [0.29, 0.717) is 39.2 Å². The van der Waals surface area contributed by atoms with E-state index in [2.05, 4.69) is 9.97 Å². The number of allylic oxidation sites excluding steroid dienone is 2. The van der Waals surface area contributed by atoms with Gasteiger partial charge in [0.1, 0.15) is 11.5 Å². The van der Waals surface area contributed by atoms with Gasteiger partial charge < -0.3 is 25.3 Å². The first-order valence-electron chi connectivity index (χ1n) is 13.9. The number of rotatable bonds is 3. The molecule has 0 spiro atoms. The highest BCUT2D eigenvalue weighted by molar-refractivity contribution is 6.59. The number of carbonyl (C=O) groups excluding carboxylic acids is 2. The number of phenols is 2. The summed E-state index contributed by atoms with van der Waals surface area (Å²) >= 11 is 0. The molecule has 5 N–H and O–H groups in total. The number of nitrogens with one attached hydrogen (secondary N) is 2. The van der Waals surface area contributed by atoms with Gasteiger partial charge in [-0.15, -0.1) is 0 Å². The lowest BCUT2D eigenvalue weighted by molar-refractivity contribution is -0.131. The summed E-state index contributed by atoms with van der Waals surface area (Å²) in [5.74, 6) is -0.684. The van der Waals surface area contributed by atoms with E-state index in [-0.39, 0.29) is 34.8 Å². The van der Waals surface area contributed by atoms with Gasteiger partial charge in [0.15, 0.2) is 11.4 Å². The molecule has 0 fully saturated rings. The molecule has 0 aliphatic heterocycles. The number of para-hydroxylation sites is 2. The van der Waals surface area contributed by atoms with Crippen LogP contribution in [0.5, 0.6) is 11.5 Å². The predicted molar refractivity (Wildman–Crippen MR) is 165 cm³/mol. The molecule has 2 aliphatic carbocycles. The van der Waals surface area contributed by atoms with E-state index in [1.165, 1.54) is 12.1 Å². The van der Waals surface area contributed by atoms with Gasteiger partial charge in [-0.05, 0) is 53.6 Å². The predicted octanol–water partition coefficient (Wildman–Crippen LogP) is 6.11. The molecule has 43 heavy (non-hydrogen) atoms. The zero-order valence-corrected chi connectivity index (χ0v) is 22.7. The molecular formula is C36H24N2O5. The van der Waals surface area contributed by atoms with Crippen molar-refractivity contribution in [3.8, 4) is 11.5 Å². The molecule has 7 heteroatoms. The van der Waals surface area contributed by atoms with E-state index in [9.17, 15) is 24.9 Å². The van der Waals surface area contributed by atoms with Gasteiger partial charge in [-0.25, -0.2) is 0 Å². The summed E-state index contributed by atoms with van der Waals surface area (Å²) in [4.78, 5) is 35.8. The monoisotopic (exact) mass is 564 g/mol. The highest BCUT2D eigenvalue weighted by Crippen LogP contribution is 2.53. The van der Waals surface area contributed by atoms with Crippen LogP contribution in [0.3, 0.4) is 0 Å². The van der Waals surface area contributed by atoms with Crippen molar-refractivity contribution in [3.05, 3.63) is 131 Å². The molecule has 0 saturated carbocycles. The number of hydrogen-bond donors (Lipinski definition) is 5. The van der Waals surface area contributed by atoms with Crippen LogP contribution in [0.4, 0.5) is 0 Å². The maximum atomic E-state index is 14.6. The first kappa shape index (κ1) is 25.1. The number of aliphatic hydroxyl groups is 1. The number of phenolic OH excluding ortho intramolecular Hbond substituents is 2. The van der Waals surface area contributed by atoms with Crippen molar-refractivity contribution in [2.45, 2.75) is 12.0 Å². The number of carbonyl (C=O) groups is 2. The standard InChI is InChI=1S/C36H24N2O5/c39-21-13-9-19(10-14-21)17-25-32-28(23-5-1-3-7-26(23)37-32)30(33(25)41)31-29-24-6-2-4-8-27(24)38-34(29)36(43,35(31)42)18-20-11-15-22(40)16-12-20/h1-17,37-40,43H,18H2/b25-17+,31-30+. The lowest BCUT2D eigenvalue weighted by Crippen LogP contribution is -2.35. The highest BCUT2D eigenvalue weighted by Gasteiger charge is 2.53. The van der Waals surface area contributed by atoms with Gasteiger partial charge >= 0.3 is 0 Å². The second-order valence-corrected chi connectivity index (χ2v) is 11.1. The Morgan fingerprint density at radius 2 is 1.26 bits per heavy atom. The molecule has 8 rings (SSSR count). The third-order valence-electron chi connectivity index (χ3n) is 8.52. The van der Waals surface area contributed by atoms with Gasteiger partial charge in [0.2, 0.25) is 5.78 Å². The van der Waals surface area contributed by atoms with Gasteiger partial charge in [0.05, 0.1) is 11.4 Å². The summed E-state index contributed by atoms with van der Waals surface area (Å²) in [5.41, 5.74) is 3.87. The van der Waals surface area contributed by atoms with Crippen LogP contribution >= 0.6 is 0 Å². The van der Waals surface area contributed by atoms with Crippen molar-refractivity contribution in [2.75, 3.05) is 0 Å². The quantitative estimate of drug-likeness (QED) is 0.166. The summed E-state index contributed by atoms with van der Waals surface area (Å²) in [6.45, 7) is 0. The number of aromatic amines is 2. The number of aromatic nitrogens is 2. The Bertz CT molecular complexity index is 2210. The topological polar surface area (TPSA) is 126 Å². The van der Waals surface area contributed by atoms with Crippen molar-refractivity contribution < 1.29 is 24.9 Å². The number of hydrogen-bond acceptors (Lipinski definition) is 5. The Kier molecular flexibility index (Phi) is 5.20. The molecule has 2 aliphatic rings. The van der Waals surface area contributed by atoms with Gasteiger partial charge in [-0.1, -0.05) is 60.7 Å². The zero-order chi connectivity index (χ0) is 29.5. The van der Waals surface area contributed by atoms with Crippen molar-refractivity contribution in [1.82, 2.24) is 9.97 Å². The summed E-state index contributed by atoms with van der Waals surface area (Å²) in [6.07, 6.45) is 1.70. The van der Waals surface area contributed by atoms with Crippen LogP contribution in [0.2, 0.25) is 0 Å². The molecule has 0 saturated heterocycles. The van der Waals surface area contributed by atoms with Crippen LogP contribution in [0.25, 0.3) is 44.6 Å². The molecule has 0 bridgehead atoms. The van der Waals surface area contributed by atoms with Crippen LogP contribution in [-0.2, 0) is 21.6 Å². The van der Waals surface area contributed by atoms with Crippen LogP contribution in [0.1, 0.15) is 33.6 Å². The third kappa shape index (κ3) is 3.58. The van der Waals surface area contributed by atoms with E-state index < -0.39 is 11.4 Å². The summed E-state index contributed by atoms with van der Waals surface area (Å²) < 4.78 is 0. The fourth-order valence-electron chi connectivity index (χ4n) is 6.54. The third-order valence-corrected chi connectivity index (χ3v) is 8.52. The molecule has 1 atom stereocenters. The van der Waals surface area contributed by atoms with E-state index in [4.69, 9.17) is 0 Å². The molecular weight excluding hydrogens is 540 g/mol. The molecule has 2 aromatic heterocycles. The molecule has 6 aromatic rings. The van der Waals surface area contributed by atoms with Crippen molar-refractivity contribution in [1.29, 1.82) is 0 Å². The van der Waals surface area contributed by atoms with Crippen molar-refractivity contribution in [2.24, 2.45) is 0 Å². The number of Topliss-reactive ketones (excluding diaryl/α,β-unsaturated/α-hetero) is 2. The van der Waals surface area contributed by atoms with E-state index >= 15 is 0 Å². The Morgan fingerprint density at radius 1 is 0.674 bits per heavy atom. The normalized spacial score (nSPS) is 20.4. The summed E-state index contributed by atoms with van der Waals surface area (Å²) in [6, 6.07) is 28.1. The van der Waals surface area contributed by atoms with Crippen molar-refractivity contribution >= 4 is 56.2 Å². The number of aromatic hydroxyl groups is 2. The van der Waals surface area contributed by atoms with Crippen LogP contribution in [-0.4, -0.2) is 36.9 Å². The van der Waals surface area contributed by atoms with E-state index in [0.717, 1.165) is 21.8 Å². The average molecular weight is 565 g/mol. The largest absolute Gasteiger partial charge is 0.508 e. The minimum absolute atomic E-state index is 0.0478. The summed E-state index contributed by atoms with van der Waals surface area (Å²) in [7, 11) is 0. The highest BCUT2D eigenvalue weighted by atomic mass is 16.3. The molecule has 0 amide bonds. The number of fused-ring (bicyclic) bond motifs is 6. The Hall–Kier alpha value is -5.66. The second kappa shape index (κ2) is 8.92. The second-order valence-electron chi connectivity index (χ2n) is 11.1. The molecule has 7 nitrogen and oxygen atoms in total. The smallest absolute Gasteiger partial charge is 0.202 e. The van der Waals surface area contributed by atoms with Gasteiger partial charge in [-0.3, -0.25) is 9.59 Å². The first-order chi connectivity index (χ1) is 20.8. The molecule has 2 heterocycles. The zero-order valence-electron chi connectivity index (χ0n) is 22.7. The lowest BCUT2D eigenvalue weighted by atomic mass is 9.88. The van der Waals surface area contributed by atoms with Crippen LogP contribution in [0, 0.1) is 0 Å². The van der Waals surface area contributed by atoms with Gasteiger partial charge in [-0.2, -0.15) is 0 Å². The van der Waals surface area contributed by atoms with E-state index in [1.54, 1.807) is 42.5 Å². The van der Waals surface area contributed by atoms with E-state index in [1.807, 2.05) is 48.5 Å². The van der Waals surface area contributed by atoms with Crippen LogP contribution in [0.15, 0.2) is 97.1 Å². The minimum atomic E-state index is -1.97. The van der Waals surface area contributed by atoms with Gasteiger partial charge in [0, 0.05) is 56.1 Å². The number of H-pyrrole nitrogens is 2. The fraction of sp³-hybridized carbons (Fsp3) is 0.0556. The molecule has 0 radical (unpaired) electrons. The first-order valence-corrected chi connectivity index (χ1v) is 13.9. The van der Waals surface area contributed by atoms with Crippen molar-refractivity contribution in [3.63, 3.8) is 0 Å². The number of benzene rings is 4. The molecule has 4 aromatic carbocycles. The maximum Gasteiger partial charge on any atom is 0.202 e. The maximum absolute atomic E-state index is 14.6. The molecule has 208 valence electrons. The SMILES string of the molecule is O=C1/C(=C/c2ccc(O)cc2)c2[nH]c3ccccc3c2/C1=C1\C(=O)C(O)(Cc2ccc(O)cc2)c2[nH]c3ccccc3c21. The Morgan fingerprint density at radius 3 is 1.93 bits per heavy atom. The fourth-order valence-corrected chi connectivity index (χ4v) is 6.54. The summed E-state index contributed by atoms with van der Waals surface area (Å²) in [5, 5.41) is 33.4. The molecule has 1 unspecified atom stereocenters. The Labute approximate surface area is 245 Å². The average Bonchev–Trinajstić information content (AvgIpc) is 3.70. The minimum Gasteiger partial charge on any atom is -0.508 e.